The molecule has 0 saturated heterocycles. The van der Waals surface area contributed by atoms with Crippen molar-refractivity contribution in [3.05, 3.63) is 128 Å². The Labute approximate surface area is 335 Å². The molecule has 2 heterocycles. The second-order valence-electron chi connectivity index (χ2n) is 13.8. The molecule has 7 rings (SSSR count). The van der Waals surface area contributed by atoms with E-state index < -0.39 is 41.0 Å². The highest BCUT2D eigenvalue weighted by atomic mass is 35.5. The zero-order chi connectivity index (χ0) is 41.5. The third-order valence-corrected chi connectivity index (χ3v) is 10.2. The Morgan fingerprint density at radius 3 is 2.17 bits per heavy atom. The van der Waals surface area contributed by atoms with Crippen molar-refractivity contribution in [3.8, 4) is 0 Å². The molecule has 3 aromatic carbocycles. The highest BCUT2D eigenvalue weighted by Gasteiger charge is 2.38. The minimum absolute atomic E-state index is 0.0138. The van der Waals surface area contributed by atoms with E-state index in [0.717, 1.165) is 30.7 Å². The molecule has 8 N–H and O–H groups in total. The van der Waals surface area contributed by atoms with Crippen molar-refractivity contribution < 1.29 is 39.3 Å². The van der Waals surface area contributed by atoms with Gasteiger partial charge in [-0.15, -0.1) is 0 Å². The van der Waals surface area contributed by atoms with Crippen LogP contribution in [0.3, 0.4) is 0 Å². The molecular formula is C41H38ClN7O9. The number of halogens is 1. The van der Waals surface area contributed by atoms with E-state index in [0.29, 0.717) is 34.0 Å². The van der Waals surface area contributed by atoms with E-state index in [4.69, 9.17) is 27.5 Å². The van der Waals surface area contributed by atoms with Gasteiger partial charge in [-0.2, -0.15) is 4.98 Å². The topological polar surface area (TPSA) is 268 Å². The molecule has 2 aromatic heterocycles. The number of carbonyl (C=O) groups is 5. The number of anilines is 2. The Balaban J connectivity index is 0.000000199. The van der Waals surface area contributed by atoms with Crippen LogP contribution in [0.25, 0.3) is 16.9 Å². The number of nitrogens with zero attached hydrogens (tertiary/aromatic N) is 3. The van der Waals surface area contributed by atoms with Crippen molar-refractivity contribution in [2.75, 3.05) is 11.1 Å². The van der Waals surface area contributed by atoms with Gasteiger partial charge in [0.25, 0.3) is 11.5 Å². The number of aliphatic carboxylic acids is 2. The fraction of sp³-hybridized carbons (Fsp3) is 0.244. The van der Waals surface area contributed by atoms with Crippen LogP contribution in [-0.4, -0.2) is 70.7 Å². The fourth-order valence-corrected chi connectivity index (χ4v) is 7.09. The lowest BCUT2D eigenvalue weighted by molar-refractivity contribution is -0.140. The predicted molar refractivity (Wildman–Crippen MR) is 213 cm³/mol. The first-order valence-corrected chi connectivity index (χ1v) is 18.6. The van der Waals surface area contributed by atoms with E-state index in [1.807, 2.05) is 12.1 Å². The van der Waals surface area contributed by atoms with E-state index in [9.17, 15) is 33.9 Å². The van der Waals surface area contributed by atoms with Gasteiger partial charge in [0, 0.05) is 39.4 Å². The molecule has 17 heteroatoms. The smallest absolute Gasteiger partial charge is 0.326 e. The Morgan fingerprint density at radius 1 is 0.862 bits per heavy atom. The highest BCUT2D eigenvalue weighted by molar-refractivity contribution is 6.52. The first-order valence-electron chi connectivity index (χ1n) is 18.3. The molecule has 0 spiro atoms. The number of carboxylic acids is 2. The van der Waals surface area contributed by atoms with E-state index in [1.54, 1.807) is 36.4 Å². The Bertz CT molecular complexity index is 2480. The van der Waals surface area contributed by atoms with Gasteiger partial charge in [0.05, 0.1) is 18.4 Å². The van der Waals surface area contributed by atoms with Crippen LogP contribution >= 0.6 is 11.6 Å². The lowest BCUT2D eigenvalue weighted by Crippen LogP contribution is -2.41. The summed E-state index contributed by atoms with van der Waals surface area (Å²) < 4.78 is 0. The first kappa shape index (κ1) is 40.7. The van der Waals surface area contributed by atoms with E-state index in [2.05, 4.69) is 42.7 Å². The van der Waals surface area contributed by atoms with Crippen LogP contribution < -0.4 is 21.9 Å². The molecule has 58 heavy (non-hydrogen) atoms. The number of amides is 1. The van der Waals surface area contributed by atoms with E-state index in [1.165, 1.54) is 23.9 Å². The number of fused-ring (bicyclic) bond motifs is 2. The lowest BCUT2D eigenvalue weighted by Gasteiger charge is -2.31. The van der Waals surface area contributed by atoms with Crippen LogP contribution in [0.4, 0.5) is 11.6 Å². The van der Waals surface area contributed by atoms with Gasteiger partial charge in [0.1, 0.15) is 11.8 Å². The van der Waals surface area contributed by atoms with Gasteiger partial charge >= 0.3 is 11.9 Å². The predicted octanol–water partition coefficient (Wildman–Crippen LogP) is 5.30. The summed E-state index contributed by atoms with van der Waals surface area (Å²) in [5.41, 5.74) is 8.81. The summed E-state index contributed by atoms with van der Waals surface area (Å²) in [4.78, 5) is 85.6. The molecule has 0 unspecified atom stereocenters. The summed E-state index contributed by atoms with van der Waals surface area (Å²) in [6.45, 7) is 0.231. The van der Waals surface area contributed by atoms with E-state index >= 15 is 0 Å². The summed E-state index contributed by atoms with van der Waals surface area (Å²) in [5, 5.41) is 34.6. The van der Waals surface area contributed by atoms with Crippen molar-refractivity contribution in [2.45, 2.75) is 57.0 Å². The molecule has 0 radical (unpaired) electrons. The maximum Gasteiger partial charge on any atom is 0.326 e. The second kappa shape index (κ2) is 17.9. The maximum absolute atomic E-state index is 12.6. The average molecular weight is 808 g/mol. The maximum atomic E-state index is 12.6. The zero-order valence-corrected chi connectivity index (χ0v) is 31.5. The number of hydrogen-bond donors (Lipinski definition) is 7. The standard InChI is InChI=1S/C22H19ClO3.C19H19N7O6/c23-16-11-9-14(10-12-16)13-5-7-15(8-6-13)19-20(24)17-3-1-2-4-18(17)21(25)22(19)26;20-19-25-15-14(17(30)26-19)23-11(8-22-15)7-21-10-3-1-9(2-4-10)16(29)24-12(18(31)32)5-6-13(27)28/h1-4,9-13,15,24H,5-8H2;1-4,8,12,21H,5-7H2,(H,24,29)(H,27,28)(H,31,32)(H3,20,22,25,26,30)/t;12-/m.0/s1. The number of aliphatic hydroxyl groups excluding tert-OH is 1. The van der Waals surface area contributed by atoms with Crippen molar-refractivity contribution in [2.24, 2.45) is 5.92 Å². The van der Waals surface area contributed by atoms with Gasteiger partial charge in [-0.25, -0.2) is 14.8 Å². The molecule has 0 aliphatic heterocycles. The molecule has 298 valence electrons. The van der Waals surface area contributed by atoms with Crippen molar-refractivity contribution in [3.63, 3.8) is 0 Å². The fourth-order valence-electron chi connectivity index (χ4n) is 6.97. The number of nitrogens with one attached hydrogen (secondary N) is 3. The number of hydrogen-bond acceptors (Lipinski definition) is 12. The van der Waals surface area contributed by atoms with Gasteiger partial charge in [-0.3, -0.25) is 29.0 Å². The molecular weight excluding hydrogens is 770 g/mol. The number of aromatic nitrogens is 4. The number of nitrogens with two attached hydrogens (primary N) is 1. The number of rotatable bonds is 11. The molecule has 1 atom stereocenters. The van der Waals surface area contributed by atoms with Crippen LogP contribution in [0.1, 0.15) is 82.0 Å². The van der Waals surface area contributed by atoms with Gasteiger partial charge in [0.2, 0.25) is 17.5 Å². The zero-order valence-electron chi connectivity index (χ0n) is 30.8. The van der Waals surface area contributed by atoms with Gasteiger partial charge < -0.3 is 31.7 Å². The summed E-state index contributed by atoms with van der Waals surface area (Å²) in [5.74, 6) is -3.86. The molecule has 0 bridgehead atoms. The van der Waals surface area contributed by atoms with Crippen LogP contribution in [0, 0.1) is 5.92 Å². The normalized spacial score (nSPS) is 16.8. The molecule has 2 aliphatic carbocycles. The van der Waals surface area contributed by atoms with Crippen molar-refractivity contribution >= 4 is 69.6 Å². The summed E-state index contributed by atoms with van der Waals surface area (Å²) >= 11 is 5.96. The van der Waals surface area contributed by atoms with Crippen LogP contribution in [-0.2, 0) is 20.9 Å². The summed E-state index contributed by atoms with van der Waals surface area (Å²) in [6.07, 6.45) is 4.26. The summed E-state index contributed by atoms with van der Waals surface area (Å²) in [6, 6.07) is 19.5. The van der Waals surface area contributed by atoms with Crippen LogP contribution in [0.2, 0.25) is 5.02 Å². The largest absolute Gasteiger partial charge is 0.507 e. The average Bonchev–Trinajstić information content (AvgIpc) is 3.21. The number of allylic oxidation sites excluding steroid dienone is 1. The SMILES string of the molecule is Nc1nc2ncc(CNc3ccc(C(=O)N[C@@H](CCC(=O)O)C(=O)O)cc3)nc2c(=O)[nH]1.O=C1C(=O)c2ccccc2C(O)=C1C1CCC(c2ccc(Cl)cc2)CC1. The molecule has 5 aromatic rings. The summed E-state index contributed by atoms with van der Waals surface area (Å²) in [7, 11) is 0. The third-order valence-electron chi connectivity index (χ3n) is 9.97. The number of carboxylic acid groups (broad SMARTS) is 2. The Morgan fingerprint density at radius 2 is 1.52 bits per heavy atom. The number of H-pyrrole nitrogens is 1. The minimum atomic E-state index is -1.31. The molecule has 1 amide bonds. The van der Waals surface area contributed by atoms with Crippen LogP contribution in [0.15, 0.2) is 89.4 Å². The number of benzene rings is 3. The number of nitrogen functional groups attached to an aromatic ring is 1. The molecule has 1 saturated carbocycles. The van der Waals surface area contributed by atoms with Gasteiger partial charge in [-0.05, 0) is 85.9 Å². The number of ketones is 2. The van der Waals surface area contributed by atoms with Gasteiger partial charge in [-0.1, -0.05) is 48.0 Å². The number of aromatic amines is 1. The number of carbonyl (C=O) groups excluding carboxylic acids is 3. The highest BCUT2D eigenvalue weighted by Crippen LogP contribution is 2.42. The number of aliphatic hydroxyl groups is 1. The molecule has 2 aliphatic rings. The monoisotopic (exact) mass is 807 g/mol. The van der Waals surface area contributed by atoms with Crippen molar-refractivity contribution in [1.82, 2.24) is 25.3 Å². The second-order valence-corrected chi connectivity index (χ2v) is 14.2. The molecule has 16 nitrogen and oxygen atoms in total. The lowest BCUT2D eigenvalue weighted by atomic mass is 9.72. The first-order chi connectivity index (χ1) is 27.8. The van der Waals surface area contributed by atoms with Crippen molar-refractivity contribution in [1.29, 1.82) is 0 Å². The quantitative estimate of drug-likeness (QED) is 0.0835. The third kappa shape index (κ3) is 9.53. The minimum Gasteiger partial charge on any atom is -0.507 e. The Kier molecular flexibility index (Phi) is 12.6. The number of Topliss-reactive ketones (excluding diaryl/α,β-unsaturated/α-hetero) is 2. The molecule has 1 fully saturated rings. The van der Waals surface area contributed by atoms with Crippen LogP contribution in [0.5, 0.6) is 0 Å². The van der Waals surface area contributed by atoms with E-state index in [-0.39, 0.29) is 53.7 Å². The Hall–Kier alpha value is -6.94. The van der Waals surface area contributed by atoms with Gasteiger partial charge in [0.15, 0.2) is 11.2 Å².